The highest BCUT2D eigenvalue weighted by Crippen LogP contribution is 1.90. The number of hydrogen-bond acceptors (Lipinski definition) is 2. The van der Waals surface area contributed by atoms with Gasteiger partial charge in [-0.3, -0.25) is 0 Å². The molecule has 1 aliphatic rings. The highest BCUT2D eigenvalue weighted by atomic mass is 32.2. The predicted molar refractivity (Wildman–Crippen MR) is 44.5 cm³/mol. The van der Waals surface area contributed by atoms with Gasteiger partial charge in [-0.1, -0.05) is 0 Å². The first-order valence-corrected chi connectivity index (χ1v) is 5.88. The van der Waals surface area contributed by atoms with Crippen molar-refractivity contribution in [1.82, 2.24) is 0 Å². The number of quaternary nitrogens is 1. The van der Waals surface area contributed by atoms with Crippen LogP contribution in [0.1, 0.15) is 13.8 Å². The van der Waals surface area contributed by atoms with Gasteiger partial charge < -0.3 is 4.90 Å². The van der Waals surface area contributed by atoms with Gasteiger partial charge in [0.25, 0.3) is 0 Å². The maximum atomic E-state index is 11.0. The first-order chi connectivity index (χ1) is 5.01. The van der Waals surface area contributed by atoms with Crippen molar-refractivity contribution in [3.05, 3.63) is 0 Å². The Labute approximate surface area is 68.3 Å². The zero-order chi connectivity index (χ0) is 8.48. The van der Waals surface area contributed by atoms with E-state index in [1.807, 2.05) is 0 Å². The van der Waals surface area contributed by atoms with Crippen LogP contribution in [0.5, 0.6) is 0 Å². The molecule has 11 heavy (non-hydrogen) atoms. The average Bonchev–Trinajstić information content (AvgIpc) is 1.86. The molecular weight excluding hydrogens is 162 g/mol. The van der Waals surface area contributed by atoms with Crippen LogP contribution >= 0.6 is 0 Å². The van der Waals surface area contributed by atoms with Crippen LogP contribution in [0.2, 0.25) is 0 Å². The second-order valence-electron chi connectivity index (χ2n) is 3.46. The molecule has 1 rings (SSSR count). The molecule has 0 radical (unpaired) electrons. The van der Waals surface area contributed by atoms with E-state index < -0.39 is 9.84 Å². The zero-order valence-electron chi connectivity index (χ0n) is 7.13. The van der Waals surface area contributed by atoms with Crippen LogP contribution in [0.4, 0.5) is 0 Å². The van der Waals surface area contributed by atoms with E-state index in [9.17, 15) is 8.42 Å². The quantitative estimate of drug-likeness (QED) is 0.542. The molecule has 66 valence electrons. The molecule has 0 amide bonds. The molecule has 1 saturated heterocycles. The van der Waals surface area contributed by atoms with Crippen molar-refractivity contribution in [2.24, 2.45) is 0 Å². The lowest BCUT2D eigenvalue weighted by molar-refractivity contribution is -0.918. The van der Waals surface area contributed by atoms with Gasteiger partial charge in [-0.15, -0.1) is 0 Å². The Balaban J connectivity index is 2.49. The molecule has 0 atom stereocenters. The Morgan fingerprint density at radius 2 is 1.64 bits per heavy atom. The Hall–Kier alpha value is -0.0900. The Kier molecular flexibility index (Phi) is 2.54. The second kappa shape index (κ2) is 3.11. The highest BCUT2D eigenvalue weighted by Gasteiger charge is 2.25. The van der Waals surface area contributed by atoms with E-state index in [-0.39, 0.29) is 0 Å². The summed E-state index contributed by atoms with van der Waals surface area (Å²) in [5.74, 6) is 0.751. The van der Waals surface area contributed by atoms with Gasteiger partial charge >= 0.3 is 0 Å². The van der Waals surface area contributed by atoms with Crippen molar-refractivity contribution >= 4 is 9.84 Å². The summed E-state index contributed by atoms with van der Waals surface area (Å²) in [7, 11) is -2.67. The van der Waals surface area contributed by atoms with Crippen LogP contribution in [0.3, 0.4) is 0 Å². The standard InChI is InChI=1S/C7H15NO2S/c1-7(2)8-3-5-11(9,10)6-4-8/h7H,3-6H2,1-2H3/p+1. The van der Waals surface area contributed by atoms with E-state index in [0.717, 1.165) is 13.1 Å². The zero-order valence-corrected chi connectivity index (χ0v) is 7.95. The van der Waals surface area contributed by atoms with Crippen molar-refractivity contribution < 1.29 is 13.3 Å². The topological polar surface area (TPSA) is 38.6 Å². The van der Waals surface area contributed by atoms with E-state index in [2.05, 4.69) is 13.8 Å². The first kappa shape index (κ1) is 9.00. The summed E-state index contributed by atoms with van der Waals surface area (Å²) in [6, 6.07) is 0.561. The van der Waals surface area contributed by atoms with E-state index in [4.69, 9.17) is 0 Å². The van der Waals surface area contributed by atoms with Crippen LogP contribution < -0.4 is 4.90 Å². The Morgan fingerprint density at radius 3 is 2.00 bits per heavy atom. The van der Waals surface area contributed by atoms with Crippen molar-refractivity contribution in [2.75, 3.05) is 24.6 Å². The van der Waals surface area contributed by atoms with Gasteiger partial charge in [0.1, 0.15) is 0 Å². The minimum absolute atomic E-state index is 0.376. The third-order valence-electron chi connectivity index (χ3n) is 2.28. The highest BCUT2D eigenvalue weighted by molar-refractivity contribution is 7.91. The fraction of sp³-hybridized carbons (Fsp3) is 1.00. The van der Waals surface area contributed by atoms with Gasteiger partial charge in [0.2, 0.25) is 0 Å². The van der Waals surface area contributed by atoms with Crippen LogP contribution in [0.15, 0.2) is 0 Å². The summed E-state index contributed by atoms with van der Waals surface area (Å²) in [6.45, 7) is 5.85. The molecule has 0 unspecified atom stereocenters. The van der Waals surface area contributed by atoms with Gasteiger partial charge in [-0.05, 0) is 13.8 Å². The summed E-state index contributed by atoms with van der Waals surface area (Å²) in [5, 5.41) is 0. The van der Waals surface area contributed by atoms with Crippen molar-refractivity contribution in [3.63, 3.8) is 0 Å². The maximum Gasteiger partial charge on any atom is 0.161 e. The SMILES string of the molecule is CC(C)[NH+]1CCS(=O)(=O)CC1. The number of rotatable bonds is 1. The van der Waals surface area contributed by atoms with Crippen LogP contribution in [0.25, 0.3) is 0 Å². The maximum absolute atomic E-state index is 11.0. The molecule has 1 fully saturated rings. The fourth-order valence-corrected chi connectivity index (χ4v) is 2.73. The summed E-state index contributed by atoms with van der Waals surface area (Å²) >= 11 is 0. The lowest BCUT2D eigenvalue weighted by atomic mass is 10.3. The molecule has 3 nitrogen and oxygen atoms in total. The van der Waals surface area contributed by atoms with Gasteiger partial charge in [0.15, 0.2) is 9.84 Å². The predicted octanol–water partition coefficient (Wildman–Crippen LogP) is -1.29. The second-order valence-corrected chi connectivity index (χ2v) is 5.77. The number of sulfone groups is 1. The van der Waals surface area contributed by atoms with Crippen LogP contribution in [-0.4, -0.2) is 39.1 Å². The van der Waals surface area contributed by atoms with Gasteiger partial charge in [-0.2, -0.15) is 0 Å². The normalized spacial score (nSPS) is 25.7. The largest absolute Gasteiger partial charge is 0.331 e. The minimum Gasteiger partial charge on any atom is -0.331 e. The summed E-state index contributed by atoms with van der Waals surface area (Å²) in [5.41, 5.74) is 0. The van der Waals surface area contributed by atoms with E-state index in [1.54, 1.807) is 0 Å². The molecule has 1 N–H and O–H groups in total. The van der Waals surface area contributed by atoms with E-state index >= 15 is 0 Å². The molecule has 1 heterocycles. The van der Waals surface area contributed by atoms with E-state index in [1.165, 1.54) is 4.90 Å². The number of hydrogen-bond donors (Lipinski definition) is 1. The van der Waals surface area contributed by atoms with Crippen LogP contribution in [0, 0.1) is 0 Å². The molecule has 0 aliphatic carbocycles. The molecule has 1 aliphatic heterocycles. The van der Waals surface area contributed by atoms with Crippen molar-refractivity contribution in [1.29, 1.82) is 0 Å². The minimum atomic E-state index is -2.67. The Morgan fingerprint density at radius 1 is 1.18 bits per heavy atom. The monoisotopic (exact) mass is 178 g/mol. The summed E-state index contributed by atoms with van der Waals surface area (Å²) in [4.78, 5) is 1.42. The first-order valence-electron chi connectivity index (χ1n) is 4.06. The molecule has 0 aromatic rings. The molecule has 0 spiro atoms. The van der Waals surface area contributed by atoms with Crippen molar-refractivity contribution in [2.45, 2.75) is 19.9 Å². The Bertz CT molecular complexity index is 207. The van der Waals surface area contributed by atoms with Gasteiger partial charge in [0, 0.05) is 0 Å². The lowest BCUT2D eigenvalue weighted by Gasteiger charge is -2.26. The molecule has 0 aromatic carbocycles. The van der Waals surface area contributed by atoms with E-state index in [0.29, 0.717) is 17.5 Å². The molecule has 0 saturated carbocycles. The average molecular weight is 178 g/mol. The van der Waals surface area contributed by atoms with Gasteiger partial charge in [-0.25, -0.2) is 8.42 Å². The molecule has 0 bridgehead atoms. The third-order valence-corrected chi connectivity index (χ3v) is 3.94. The lowest BCUT2D eigenvalue weighted by Crippen LogP contribution is -3.17. The van der Waals surface area contributed by atoms with Crippen molar-refractivity contribution in [3.8, 4) is 0 Å². The van der Waals surface area contributed by atoms with Gasteiger partial charge in [0.05, 0.1) is 30.6 Å². The molecule has 4 heteroatoms. The number of nitrogens with one attached hydrogen (secondary N) is 1. The molecule has 0 aromatic heterocycles. The summed E-state index contributed by atoms with van der Waals surface area (Å²) in [6.07, 6.45) is 0. The summed E-state index contributed by atoms with van der Waals surface area (Å²) < 4.78 is 22.0. The van der Waals surface area contributed by atoms with Crippen LogP contribution in [-0.2, 0) is 9.84 Å². The molecular formula is C7H16NO2S+. The fourth-order valence-electron chi connectivity index (χ4n) is 1.38. The smallest absolute Gasteiger partial charge is 0.161 e. The third kappa shape index (κ3) is 2.45.